The van der Waals surface area contributed by atoms with Crippen LogP contribution < -0.4 is 5.32 Å². The van der Waals surface area contributed by atoms with Crippen molar-refractivity contribution < 1.29 is 39.8 Å². The number of hydrogen-bond acceptors (Lipinski definition) is 8. The first-order chi connectivity index (χ1) is 35.8. The monoisotopic (exact) mass is 1030 g/mol. The van der Waals surface area contributed by atoms with Gasteiger partial charge in [-0.1, -0.05) is 268 Å². The fourth-order valence-electron chi connectivity index (χ4n) is 9.89. The summed E-state index contributed by atoms with van der Waals surface area (Å²) < 4.78 is 11.3. The SMILES string of the molecule is CCCCCCCCCCCCCC/C=C\CCCCCCCCCCCCCCC(=O)NC(COC1OC(CO)C(O)C(O)C1O)C(O)/C=C/CC/C=C/CC/C=C/CCCCCCCCCCCCCC. The molecule has 0 bridgehead atoms. The number of hydrogen-bond donors (Lipinski definition) is 6. The Balaban J connectivity index is 2.21. The van der Waals surface area contributed by atoms with Crippen molar-refractivity contribution in [1.82, 2.24) is 5.32 Å². The highest BCUT2D eigenvalue weighted by atomic mass is 16.7. The number of amides is 1. The van der Waals surface area contributed by atoms with Crippen LogP contribution >= 0.6 is 0 Å². The molecule has 1 heterocycles. The molecule has 1 amide bonds. The minimum absolute atomic E-state index is 0.188. The maximum absolute atomic E-state index is 13.1. The number of rotatable bonds is 54. The summed E-state index contributed by atoms with van der Waals surface area (Å²) in [6, 6.07) is -0.830. The van der Waals surface area contributed by atoms with Crippen molar-refractivity contribution in [2.24, 2.45) is 0 Å². The molecule has 0 radical (unpaired) electrons. The van der Waals surface area contributed by atoms with E-state index in [1.54, 1.807) is 6.08 Å². The molecule has 9 nitrogen and oxygen atoms in total. The van der Waals surface area contributed by atoms with Gasteiger partial charge >= 0.3 is 0 Å². The molecule has 0 aromatic carbocycles. The van der Waals surface area contributed by atoms with Gasteiger partial charge in [-0.25, -0.2) is 0 Å². The lowest BCUT2D eigenvalue weighted by atomic mass is 9.99. The first-order valence-corrected chi connectivity index (χ1v) is 31.4. The van der Waals surface area contributed by atoms with E-state index in [9.17, 15) is 30.3 Å². The number of ether oxygens (including phenoxy) is 2. The van der Waals surface area contributed by atoms with Crippen LogP contribution in [0.1, 0.15) is 296 Å². The Hall–Kier alpha value is -1.85. The number of allylic oxidation sites excluding steroid dienone is 7. The Bertz CT molecular complexity index is 1290. The van der Waals surface area contributed by atoms with Crippen LogP contribution in [-0.4, -0.2) is 87.5 Å². The quantitative estimate of drug-likeness (QED) is 0.0261. The van der Waals surface area contributed by atoms with Gasteiger partial charge in [0.2, 0.25) is 5.91 Å². The molecule has 1 rings (SSSR count). The molecule has 9 heteroatoms. The molecule has 1 aliphatic rings. The van der Waals surface area contributed by atoms with E-state index in [-0.39, 0.29) is 12.5 Å². The lowest BCUT2D eigenvalue weighted by Gasteiger charge is -2.40. The van der Waals surface area contributed by atoms with Crippen molar-refractivity contribution in [2.45, 2.75) is 339 Å². The Labute approximate surface area is 450 Å². The Morgan fingerprint density at radius 2 is 0.781 bits per heavy atom. The summed E-state index contributed by atoms with van der Waals surface area (Å²) in [6.07, 6.45) is 64.8. The van der Waals surface area contributed by atoms with Gasteiger partial charge in [-0.15, -0.1) is 0 Å². The highest BCUT2D eigenvalue weighted by molar-refractivity contribution is 5.76. The number of nitrogens with one attached hydrogen (secondary N) is 1. The summed E-state index contributed by atoms with van der Waals surface area (Å²) in [7, 11) is 0. The molecule has 0 aliphatic carbocycles. The third-order valence-corrected chi connectivity index (χ3v) is 14.9. The van der Waals surface area contributed by atoms with Crippen LogP contribution in [0, 0.1) is 0 Å². The average molecular weight is 1030 g/mol. The zero-order valence-corrected chi connectivity index (χ0v) is 47.6. The highest BCUT2D eigenvalue weighted by Gasteiger charge is 2.44. The average Bonchev–Trinajstić information content (AvgIpc) is 3.39. The molecule has 0 aromatic rings. The molecule has 7 atom stereocenters. The van der Waals surface area contributed by atoms with E-state index in [0.29, 0.717) is 6.42 Å². The van der Waals surface area contributed by atoms with Crippen molar-refractivity contribution in [3.8, 4) is 0 Å². The molecular weight excluding hydrogens is 911 g/mol. The minimum Gasteiger partial charge on any atom is -0.394 e. The number of aliphatic hydroxyl groups is 5. The zero-order valence-electron chi connectivity index (χ0n) is 47.6. The van der Waals surface area contributed by atoms with Gasteiger partial charge < -0.3 is 40.3 Å². The Kier molecular flexibility index (Phi) is 50.7. The topological polar surface area (TPSA) is 149 Å². The van der Waals surface area contributed by atoms with Crippen LogP contribution in [0.2, 0.25) is 0 Å². The lowest BCUT2D eigenvalue weighted by molar-refractivity contribution is -0.302. The molecule has 73 heavy (non-hydrogen) atoms. The molecule has 0 saturated carbocycles. The predicted molar refractivity (Wildman–Crippen MR) is 309 cm³/mol. The Morgan fingerprint density at radius 3 is 1.15 bits per heavy atom. The summed E-state index contributed by atoms with van der Waals surface area (Å²) in [4.78, 5) is 13.1. The van der Waals surface area contributed by atoms with Crippen molar-refractivity contribution in [3.05, 3.63) is 48.6 Å². The second-order valence-electron chi connectivity index (χ2n) is 21.8. The van der Waals surface area contributed by atoms with Crippen molar-refractivity contribution in [3.63, 3.8) is 0 Å². The van der Waals surface area contributed by atoms with E-state index in [1.807, 2.05) is 6.08 Å². The van der Waals surface area contributed by atoms with Gasteiger partial charge in [-0.3, -0.25) is 4.79 Å². The van der Waals surface area contributed by atoms with E-state index in [2.05, 4.69) is 55.6 Å². The first kappa shape index (κ1) is 69.2. The van der Waals surface area contributed by atoms with E-state index in [0.717, 1.165) is 44.9 Å². The number of carbonyl (C=O) groups excluding carboxylic acids is 1. The van der Waals surface area contributed by atoms with E-state index in [4.69, 9.17) is 9.47 Å². The molecule has 1 saturated heterocycles. The maximum Gasteiger partial charge on any atom is 0.220 e. The smallest absolute Gasteiger partial charge is 0.220 e. The number of unbranched alkanes of at least 4 members (excludes halogenated alkanes) is 38. The molecule has 428 valence electrons. The van der Waals surface area contributed by atoms with Gasteiger partial charge in [0.15, 0.2) is 6.29 Å². The summed E-state index contributed by atoms with van der Waals surface area (Å²) in [5.74, 6) is -0.188. The van der Waals surface area contributed by atoms with Crippen molar-refractivity contribution >= 4 is 5.91 Å². The van der Waals surface area contributed by atoms with Gasteiger partial charge in [-0.2, -0.15) is 0 Å². The molecule has 0 aromatic heterocycles. The van der Waals surface area contributed by atoms with Crippen LogP contribution in [0.15, 0.2) is 48.6 Å². The molecule has 0 spiro atoms. The van der Waals surface area contributed by atoms with Crippen LogP contribution in [0.4, 0.5) is 0 Å². The van der Waals surface area contributed by atoms with Crippen LogP contribution in [0.5, 0.6) is 0 Å². The molecule has 1 aliphatic heterocycles. The summed E-state index contributed by atoms with van der Waals surface area (Å²) in [5, 5.41) is 54.6. The first-order valence-electron chi connectivity index (χ1n) is 31.4. The normalized spacial score (nSPS) is 19.4. The van der Waals surface area contributed by atoms with Gasteiger partial charge in [0.05, 0.1) is 25.4 Å². The third kappa shape index (κ3) is 42.9. The standard InChI is InChI=1S/C64H119NO8/c1-3-5-7-9-11-13-15-17-19-21-23-25-27-28-29-30-31-32-34-36-38-40-42-44-46-48-50-52-54-60(68)65-57(56-72-64-63(71)62(70)61(69)59(55-66)73-64)58(67)53-51-49-47-45-43-41-39-37-35-33-26-24-22-20-18-16-14-12-10-8-6-4-2/h28-29,35,37,43,45,51,53,57-59,61-64,66-67,69-71H,3-27,30-34,36,38-42,44,46-50,52,54-56H2,1-2H3,(H,65,68)/b29-28-,37-35+,45-43+,53-51+. The van der Waals surface area contributed by atoms with Crippen LogP contribution in [0.25, 0.3) is 0 Å². The van der Waals surface area contributed by atoms with Crippen molar-refractivity contribution in [1.29, 1.82) is 0 Å². The second-order valence-corrected chi connectivity index (χ2v) is 21.8. The van der Waals surface area contributed by atoms with E-state index < -0.39 is 49.5 Å². The zero-order chi connectivity index (χ0) is 52.9. The fraction of sp³-hybridized carbons (Fsp3) is 0.859. The molecule has 1 fully saturated rings. The van der Waals surface area contributed by atoms with Crippen molar-refractivity contribution in [2.75, 3.05) is 13.2 Å². The van der Waals surface area contributed by atoms with Gasteiger partial charge in [-0.05, 0) is 70.6 Å². The fourth-order valence-corrected chi connectivity index (χ4v) is 9.89. The summed E-state index contributed by atoms with van der Waals surface area (Å²) >= 11 is 0. The summed E-state index contributed by atoms with van der Waals surface area (Å²) in [5.41, 5.74) is 0. The van der Waals surface area contributed by atoms with Crippen LogP contribution in [0.3, 0.4) is 0 Å². The number of carbonyl (C=O) groups is 1. The largest absolute Gasteiger partial charge is 0.394 e. The van der Waals surface area contributed by atoms with Gasteiger partial charge in [0, 0.05) is 6.42 Å². The molecule has 7 unspecified atom stereocenters. The number of aliphatic hydroxyl groups excluding tert-OH is 5. The predicted octanol–water partition coefficient (Wildman–Crippen LogP) is 16.1. The Morgan fingerprint density at radius 1 is 0.452 bits per heavy atom. The highest BCUT2D eigenvalue weighted by Crippen LogP contribution is 2.23. The van der Waals surface area contributed by atoms with Gasteiger partial charge in [0.1, 0.15) is 24.4 Å². The van der Waals surface area contributed by atoms with Gasteiger partial charge in [0.25, 0.3) is 0 Å². The molecular formula is C64H119NO8. The molecule has 6 N–H and O–H groups in total. The minimum atomic E-state index is -1.58. The third-order valence-electron chi connectivity index (χ3n) is 14.9. The van der Waals surface area contributed by atoms with Crippen LogP contribution in [-0.2, 0) is 14.3 Å². The van der Waals surface area contributed by atoms with E-state index >= 15 is 0 Å². The van der Waals surface area contributed by atoms with E-state index in [1.165, 1.54) is 231 Å². The lowest BCUT2D eigenvalue weighted by Crippen LogP contribution is -2.60. The summed E-state index contributed by atoms with van der Waals surface area (Å²) in [6.45, 7) is 3.79. The maximum atomic E-state index is 13.1. The second kappa shape index (κ2) is 53.5.